The molecule has 4 heteroatoms. The topological polar surface area (TPSA) is 38.1 Å². The van der Waals surface area contributed by atoms with Crippen molar-refractivity contribution in [1.82, 2.24) is 14.5 Å². The zero-order valence-corrected chi connectivity index (χ0v) is 14.3. The van der Waals surface area contributed by atoms with Gasteiger partial charge >= 0.3 is 0 Å². The van der Waals surface area contributed by atoms with Gasteiger partial charge < -0.3 is 9.47 Å². The molecule has 0 saturated carbocycles. The highest BCUT2D eigenvalue weighted by Gasteiger charge is 2.18. The van der Waals surface area contributed by atoms with E-state index in [-0.39, 0.29) is 5.91 Å². The third-order valence-corrected chi connectivity index (χ3v) is 4.36. The van der Waals surface area contributed by atoms with Gasteiger partial charge in [0.05, 0.1) is 6.54 Å². The number of fused-ring (bicyclic) bond motifs is 1. The van der Waals surface area contributed by atoms with Crippen LogP contribution in [0.1, 0.15) is 35.9 Å². The second-order valence-electron chi connectivity index (χ2n) is 6.05. The van der Waals surface area contributed by atoms with Crippen molar-refractivity contribution in [1.29, 1.82) is 0 Å². The maximum atomic E-state index is 12.8. The van der Waals surface area contributed by atoms with E-state index in [0.29, 0.717) is 12.2 Å². The predicted molar refractivity (Wildman–Crippen MR) is 96.8 cm³/mol. The van der Waals surface area contributed by atoms with E-state index in [9.17, 15) is 4.79 Å². The first-order valence-electron chi connectivity index (χ1n) is 8.44. The van der Waals surface area contributed by atoms with Crippen molar-refractivity contribution in [3.63, 3.8) is 0 Å². The molecule has 1 amide bonds. The van der Waals surface area contributed by atoms with Crippen molar-refractivity contribution in [3.8, 4) is 0 Å². The van der Waals surface area contributed by atoms with Crippen molar-refractivity contribution >= 4 is 16.8 Å². The number of hydrogen-bond acceptors (Lipinski definition) is 2. The van der Waals surface area contributed by atoms with Crippen molar-refractivity contribution < 1.29 is 4.79 Å². The summed E-state index contributed by atoms with van der Waals surface area (Å²) in [5.41, 5.74) is 2.83. The van der Waals surface area contributed by atoms with Crippen molar-refractivity contribution in [2.24, 2.45) is 7.05 Å². The lowest BCUT2D eigenvalue weighted by molar-refractivity contribution is 0.0731. The second-order valence-corrected chi connectivity index (χ2v) is 6.05. The minimum absolute atomic E-state index is 0.00527. The molecule has 3 aromatic rings. The zero-order chi connectivity index (χ0) is 16.9. The number of aryl methyl sites for hydroxylation is 1. The summed E-state index contributed by atoms with van der Waals surface area (Å²) in [6, 6.07) is 15.9. The number of benzene rings is 1. The standard InChI is InChI=1S/C20H23N3O/c1-3-4-13-23(20(24)18-10-7-8-12-21-18)15-17-14-16-9-5-6-11-19(16)22(17)2/h5-12,14H,3-4,13,15H2,1-2H3. The zero-order valence-electron chi connectivity index (χ0n) is 14.3. The summed E-state index contributed by atoms with van der Waals surface area (Å²) in [6.45, 7) is 3.48. The lowest BCUT2D eigenvalue weighted by Crippen LogP contribution is -2.32. The van der Waals surface area contributed by atoms with Gasteiger partial charge in [-0.3, -0.25) is 9.78 Å². The molecule has 0 aliphatic heterocycles. The van der Waals surface area contributed by atoms with Crippen LogP contribution in [-0.2, 0) is 13.6 Å². The fraction of sp³-hybridized carbons (Fsp3) is 0.300. The maximum Gasteiger partial charge on any atom is 0.272 e. The Morgan fingerprint density at radius 1 is 1.17 bits per heavy atom. The Balaban J connectivity index is 1.88. The Bertz CT molecular complexity index is 823. The van der Waals surface area contributed by atoms with Crippen LogP contribution in [0.25, 0.3) is 10.9 Å². The molecule has 3 rings (SSSR count). The molecule has 2 aromatic heterocycles. The highest BCUT2D eigenvalue weighted by atomic mass is 16.2. The van der Waals surface area contributed by atoms with Crippen LogP contribution >= 0.6 is 0 Å². The van der Waals surface area contributed by atoms with Gasteiger partial charge in [0.25, 0.3) is 5.91 Å². The molecule has 0 aliphatic rings. The molecule has 124 valence electrons. The second kappa shape index (κ2) is 7.30. The highest BCUT2D eigenvalue weighted by molar-refractivity contribution is 5.92. The number of amides is 1. The van der Waals surface area contributed by atoms with Gasteiger partial charge in [-0.1, -0.05) is 37.6 Å². The molecule has 4 nitrogen and oxygen atoms in total. The summed E-state index contributed by atoms with van der Waals surface area (Å²) in [5.74, 6) is -0.00527. The summed E-state index contributed by atoms with van der Waals surface area (Å²) in [5, 5.41) is 1.20. The number of rotatable bonds is 6. The summed E-state index contributed by atoms with van der Waals surface area (Å²) < 4.78 is 2.17. The van der Waals surface area contributed by atoms with E-state index in [1.807, 2.05) is 29.2 Å². The molecular weight excluding hydrogens is 298 g/mol. The number of hydrogen-bond donors (Lipinski definition) is 0. The first-order chi connectivity index (χ1) is 11.7. The number of unbranched alkanes of at least 4 members (excludes halogenated alkanes) is 1. The number of carbonyl (C=O) groups excluding carboxylic acids is 1. The lowest BCUT2D eigenvalue weighted by Gasteiger charge is -2.22. The van der Waals surface area contributed by atoms with Gasteiger partial charge in [-0.25, -0.2) is 0 Å². The first-order valence-corrected chi connectivity index (χ1v) is 8.44. The van der Waals surface area contributed by atoms with E-state index >= 15 is 0 Å². The molecule has 0 bridgehead atoms. The Morgan fingerprint density at radius 3 is 2.67 bits per heavy atom. The normalized spacial score (nSPS) is 10.9. The van der Waals surface area contributed by atoms with Crippen LogP contribution in [0.4, 0.5) is 0 Å². The van der Waals surface area contributed by atoms with Crippen LogP contribution in [0, 0.1) is 0 Å². The minimum atomic E-state index is -0.00527. The number of aromatic nitrogens is 2. The van der Waals surface area contributed by atoms with Gasteiger partial charge in [0.15, 0.2) is 0 Å². The maximum absolute atomic E-state index is 12.8. The van der Waals surface area contributed by atoms with Gasteiger partial charge in [-0.15, -0.1) is 0 Å². The molecule has 0 atom stereocenters. The quantitative estimate of drug-likeness (QED) is 0.688. The van der Waals surface area contributed by atoms with Gasteiger partial charge in [0, 0.05) is 31.0 Å². The summed E-state index contributed by atoms with van der Waals surface area (Å²) >= 11 is 0. The SMILES string of the molecule is CCCCN(Cc1cc2ccccc2n1C)C(=O)c1ccccn1. The van der Waals surface area contributed by atoms with Gasteiger partial charge in [0.1, 0.15) is 5.69 Å². The summed E-state index contributed by atoms with van der Waals surface area (Å²) in [7, 11) is 2.06. The predicted octanol–water partition coefficient (Wildman–Crippen LogP) is 4.02. The van der Waals surface area contributed by atoms with Crippen molar-refractivity contribution in [3.05, 3.63) is 66.1 Å². The van der Waals surface area contributed by atoms with Crippen LogP contribution in [0.5, 0.6) is 0 Å². The minimum Gasteiger partial charge on any atom is -0.346 e. The molecule has 0 saturated heterocycles. The molecule has 0 spiro atoms. The van der Waals surface area contributed by atoms with Gasteiger partial charge in [-0.2, -0.15) is 0 Å². The molecular formula is C20H23N3O. The third-order valence-electron chi connectivity index (χ3n) is 4.36. The van der Waals surface area contributed by atoms with Crippen LogP contribution < -0.4 is 0 Å². The molecule has 24 heavy (non-hydrogen) atoms. The highest BCUT2D eigenvalue weighted by Crippen LogP contribution is 2.20. The summed E-state index contributed by atoms with van der Waals surface area (Å²) in [4.78, 5) is 19.0. The Labute approximate surface area is 142 Å². The number of carbonyl (C=O) groups is 1. The van der Waals surface area contributed by atoms with Crippen LogP contribution in [0.3, 0.4) is 0 Å². The van der Waals surface area contributed by atoms with Gasteiger partial charge in [-0.05, 0) is 36.1 Å². The monoisotopic (exact) mass is 321 g/mol. The first kappa shape index (κ1) is 16.2. The van der Waals surface area contributed by atoms with Crippen LogP contribution in [0.2, 0.25) is 0 Å². The van der Waals surface area contributed by atoms with Crippen molar-refractivity contribution in [2.45, 2.75) is 26.3 Å². The van der Waals surface area contributed by atoms with Gasteiger partial charge in [0.2, 0.25) is 0 Å². The fourth-order valence-electron chi connectivity index (χ4n) is 2.95. The van der Waals surface area contributed by atoms with E-state index in [4.69, 9.17) is 0 Å². The molecule has 0 fully saturated rings. The van der Waals surface area contributed by atoms with E-state index in [1.54, 1.807) is 12.3 Å². The smallest absolute Gasteiger partial charge is 0.272 e. The van der Waals surface area contributed by atoms with E-state index in [2.05, 4.69) is 41.7 Å². The Hall–Kier alpha value is -2.62. The van der Waals surface area contributed by atoms with E-state index in [0.717, 1.165) is 25.1 Å². The molecule has 0 unspecified atom stereocenters. The average Bonchev–Trinajstić information content (AvgIpc) is 2.95. The lowest BCUT2D eigenvalue weighted by atomic mass is 10.2. The molecule has 2 heterocycles. The van der Waals surface area contributed by atoms with E-state index < -0.39 is 0 Å². The molecule has 0 N–H and O–H groups in total. The van der Waals surface area contributed by atoms with Crippen molar-refractivity contribution in [2.75, 3.05) is 6.54 Å². The third kappa shape index (κ3) is 3.32. The van der Waals surface area contributed by atoms with Crippen LogP contribution in [-0.4, -0.2) is 26.9 Å². The molecule has 0 aliphatic carbocycles. The Kier molecular flexibility index (Phi) is 4.94. The molecule has 1 aromatic carbocycles. The average molecular weight is 321 g/mol. The fourth-order valence-corrected chi connectivity index (χ4v) is 2.95. The van der Waals surface area contributed by atoms with E-state index in [1.165, 1.54) is 10.9 Å². The number of pyridine rings is 1. The number of para-hydroxylation sites is 1. The largest absolute Gasteiger partial charge is 0.346 e. The number of nitrogens with zero attached hydrogens (tertiary/aromatic N) is 3. The Morgan fingerprint density at radius 2 is 1.96 bits per heavy atom. The molecule has 0 radical (unpaired) electrons. The van der Waals surface area contributed by atoms with Crippen LogP contribution in [0.15, 0.2) is 54.7 Å². The summed E-state index contributed by atoms with van der Waals surface area (Å²) in [6.07, 6.45) is 3.71.